The molecule has 0 radical (unpaired) electrons. The first kappa shape index (κ1) is 10.5. The molecule has 14 heavy (non-hydrogen) atoms. The lowest BCUT2D eigenvalue weighted by Crippen LogP contribution is -2.11. The number of rotatable bonds is 3. The van der Waals surface area contributed by atoms with E-state index in [1.54, 1.807) is 6.08 Å². The van der Waals surface area contributed by atoms with Gasteiger partial charge in [0.1, 0.15) is 0 Å². The lowest BCUT2D eigenvalue weighted by Gasteiger charge is -2.03. The minimum Gasteiger partial charge on any atom is -0.370 e. The molecule has 0 aliphatic carbocycles. The minimum absolute atomic E-state index is 0.502. The van der Waals surface area contributed by atoms with E-state index in [1.807, 2.05) is 37.3 Å². The molecule has 0 aliphatic heterocycles. The van der Waals surface area contributed by atoms with Gasteiger partial charge in [-0.3, -0.25) is 0 Å². The van der Waals surface area contributed by atoms with Gasteiger partial charge in [-0.15, -0.1) is 0 Å². The van der Waals surface area contributed by atoms with Crippen molar-refractivity contribution in [2.75, 3.05) is 0 Å². The smallest absolute Gasteiger partial charge is 0.356 e. The highest BCUT2D eigenvalue weighted by Gasteiger charge is 2.10. The molecular formula is C11H13NO2. The van der Waals surface area contributed by atoms with E-state index >= 15 is 0 Å². The second-order valence-electron chi connectivity index (χ2n) is 2.80. The van der Waals surface area contributed by atoms with Crippen molar-refractivity contribution in [1.29, 1.82) is 0 Å². The number of allylic oxidation sites excluding steroid dienone is 1. The third-order valence-electron chi connectivity index (χ3n) is 1.82. The molecule has 1 rings (SSSR count). The molecule has 1 aromatic carbocycles. The molecule has 0 bridgehead atoms. The molecule has 3 heteroatoms. The first-order valence-corrected chi connectivity index (χ1v) is 4.46. The maximum Gasteiger partial charge on any atom is 0.356 e. The van der Waals surface area contributed by atoms with E-state index < -0.39 is 5.97 Å². The minimum atomic E-state index is -0.502. The molecule has 2 N–H and O–H groups in total. The van der Waals surface area contributed by atoms with Gasteiger partial charge in [0.05, 0.1) is 5.57 Å². The third-order valence-corrected chi connectivity index (χ3v) is 1.82. The Hall–Kier alpha value is -1.61. The Bertz CT molecular complexity index is 330. The Morgan fingerprint density at radius 2 is 2.07 bits per heavy atom. The molecule has 3 nitrogen and oxygen atoms in total. The Balaban J connectivity index is 3.02. The van der Waals surface area contributed by atoms with Gasteiger partial charge in [-0.25, -0.2) is 4.79 Å². The Morgan fingerprint density at radius 3 is 2.57 bits per heavy atom. The van der Waals surface area contributed by atoms with Crippen LogP contribution in [0.25, 0.3) is 5.57 Å². The van der Waals surface area contributed by atoms with E-state index in [1.165, 1.54) is 0 Å². The molecule has 0 saturated carbocycles. The van der Waals surface area contributed by atoms with Gasteiger partial charge in [-0.1, -0.05) is 43.3 Å². The topological polar surface area (TPSA) is 52.3 Å². The van der Waals surface area contributed by atoms with Crippen LogP contribution in [0, 0.1) is 0 Å². The summed E-state index contributed by atoms with van der Waals surface area (Å²) in [6, 6.07) is 9.31. The molecule has 74 valence electrons. The molecular weight excluding hydrogens is 178 g/mol. The van der Waals surface area contributed by atoms with Crippen LogP contribution < -0.4 is 5.90 Å². The van der Waals surface area contributed by atoms with Crippen molar-refractivity contribution >= 4 is 11.5 Å². The van der Waals surface area contributed by atoms with E-state index in [9.17, 15) is 4.79 Å². The van der Waals surface area contributed by atoms with Crippen LogP contribution in [0.15, 0.2) is 36.4 Å². The van der Waals surface area contributed by atoms with E-state index in [-0.39, 0.29) is 0 Å². The summed E-state index contributed by atoms with van der Waals surface area (Å²) < 4.78 is 0. The monoisotopic (exact) mass is 191 g/mol. The lowest BCUT2D eigenvalue weighted by atomic mass is 10.1. The summed E-state index contributed by atoms with van der Waals surface area (Å²) in [6.07, 6.45) is 2.56. The molecule has 0 atom stereocenters. The zero-order valence-corrected chi connectivity index (χ0v) is 8.07. The number of nitrogens with two attached hydrogens (primary N) is 1. The molecule has 0 aliphatic rings. The van der Waals surface area contributed by atoms with Gasteiger partial charge in [0.15, 0.2) is 0 Å². The van der Waals surface area contributed by atoms with Crippen molar-refractivity contribution in [2.45, 2.75) is 13.3 Å². The fourth-order valence-corrected chi connectivity index (χ4v) is 1.20. The molecule has 0 unspecified atom stereocenters. The van der Waals surface area contributed by atoms with Gasteiger partial charge in [-0.2, -0.15) is 5.90 Å². The summed E-state index contributed by atoms with van der Waals surface area (Å²) in [5.74, 6) is 4.35. The van der Waals surface area contributed by atoms with Crippen molar-refractivity contribution < 1.29 is 9.63 Å². The van der Waals surface area contributed by atoms with Gasteiger partial charge < -0.3 is 4.84 Å². The summed E-state index contributed by atoms with van der Waals surface area (Å²) in [4.78, 5) is 15.5. The van der Waals surface area contributed by atoms with Crippen LogP contribution in [0.1, 0.15) is 18.9 Å². The fraction of sp³-hybridized carbons (Fsp3) is 0.182. The summed E-state index contributed by atoms with van der Waals surface area (Å²) in [6.45, 7) is 1.95. The quantitative estimate of drug-likeness (QED) is 0.586. The maximum absolute atomic E-state index is 11.3. The summed E-state index contributed by atoms with van der Waals surface area (Å²) in [5.41, 5.74) is 1.33. The van der Waals surface area contributed by atoms with Gasteiger partial charge in [0.2, 0.25) is 0 Å². The van der Waals surface area contributed by atoms with Crippen LogP contribution >= 0.6 is 0 Å². The Kier molecular flexibility index (Phi) is 3.88. The molecule has 0 saturated heterocycles. The number of hydrogen-bond acceptors (Lipinski definition) is 3. The van der Waals surface area contributed by atoms with Crippen LogP contribution in [0.5, 0.6) is 0 Å². The Morgan fingerprint density at radius 1 is 1.43 bits per heavy atom. The predicted molar refractivity (Wildman–Crippen MR) is 55.0 cm³/mol. The number of carbonyl (C=O) groups excluding carboxylic acids is 1. The lowest BCUT2D eigenvalue weighted by molar-refractivity contribution is -0.137. The Labute approximate surface area is 83.1 Å². The number of carbonyl (C=O) groups is 1. The van der Waals surface area contributed by atoms with E-state index in [4.69, 9.17) is 5.90 Å². The highest BCUT2D eigenvalue weighted by molar-refractivity contribution is 6.16. The van der Waals surface area contributed by atoms with E-state index in [2.05, 4.69) is 4.84 Å². The van der Waals surface area contributed by atoms with Crippen LogP contribution in [-0.4, -0.2) is 5.97 Å². The van der Waals surface area contributed by atoms with Crippen LogP contribution in [-0.2, 0) is 9.63 Å². The van der Waals surface area contributed by atoms with Crippen molar-refractivity contribution in [3.05, 3.63) is 42.0 Å². The van der Waals surface area contributed by atoms with Crippen LogP contribution in [0.3, 0.4) is 0 Å². The highest BCUT2D eigenvalue weighted by atomic mass is 16.7. The van der Waals surface area contributed by atoms with Crippen molar-refractivity contribution in [2.24, 2.45) is 5.90 Å². The second kappa shape index (κ2) is 5.19. The summed E-state index contributed by atoms with van der Waals surface area (Å²) in [7, 11) is 0. The molecule has 1 aromatic rings. The fourth-order valence-electron chi connectivity index (χ4n) is 1.20. The highest BCUT2D eigenvalue weighted by Crippen LogP contribution is 2.15. The summed E-state index contributed by atoms with van der Waals surface area (Å²) >= 11 is 0. The molecule has 0 spiro atoms. The molecule has 0 fully saturated rings. The van der Waals surface area contributed by atoms with Crippen molar-refractivity contribution in [1.82, 2.24) is 0 Å². The molecule has 0 aromatic heterocycles. The number of benzene rings is 1. The standard InChI is InChI=1S/C11H13NO2/c1-2-6-10(11(13)14-12)9-7-4-3-5-8-9/h3-8H,2,12H2,1H3. The van der Waals surface area contributed by atoms with Gasteiger partial charge in [-0.05, 0) is 12.0 Å². The molecule has 0 heterocycles. The van der Waals surface area contributed by atoms with Crippen molar-refractivity contribution in [3.63, 3.8) is 0 Å². The van der Waals surface area contributed by atoms with Gasteiger partial charge in [0, 0.05) is 0 Å². The van der Waals surface area contributed by atoms with E-state index in [0.29, 0.717) is 5.57 Å². The maximum atomic E-state index is 11.3. The first-order chi connectivity index (χ1) is 6.79. The van der Waals surface area contributed by atoms with Crippen molar-refractivity contribution in [3.8, 4) is 0 Å². The molecule has 0 amide bonds. The third kappa shape index (κ3) is 2.44. The zero-order chi connectivity index (χ0) is 10.4. The second-order valence-corrected chi connectivity index (χ2v) is 2.80. The van der Waals surface area contributed by atoms with Gasteiger partial charge >= 0.3 is 5.97 Å². The van der Waals surface area contributed by atoms with Gasteiger partial charge in [0.25, 0.3) is 0 Å². The largest absolute Gasteiger partial charge is 0.370 e. The zero-order valence-electron chi connectivity index (χ0n) is 8.07. The number of hydrogen-bond donors (Lipinski definition) is 1. The van der Waals surface area contributed by atoms with E-state index in [0.717, 1.165) is 12.0 Å². The average molecular weight is 191 g/mol. The normalized spacial score (nSPS) is 11.1. The van der Waals surface area contributed by atoms with Crippen LogP contribution in [0.4, 0.5) is 0 Å². The predicted octanol–water partition coefficient (Wildman–Crippen LogP) is 1.90. The first-order valence-electron chi connectivity index (χ1n) is 4.46. The van der Waals surface area contributed by atoms with Crippen LogP contribution in [0.2, 0.25) is 0 Å². The SMILES string of the molecule is CCC=C(C(=O)ON)c1ccccc1. The average Bonchev–Trinajstić information content (AvgIpc) is 2.26. The summed E-state index contributed by atoms with van der Waals surface area (Å²) in [5, 5.41) is 0.